The molecule has 5 atom stereocenters. The first-order valence-corrected chi connectivity index (χ1v) is 13.0. The van der Waals surface area contributed by atoms with Crippen LogP contribution in [0.2, 0.25) is 0 Å². The Bertz CT molecular complexity index is 871. The number of hydrogen-bond donors (Lipinski definition) is 6. The maximum Gasteiger partial charge on any atom is 0.307 e. The van der Waals surface area contributed by atoms with E-state index >= 15 is 0 Å². The maximum absolute atomic E-state index is 13.3. The normalized spacial score (nSPS) is 22.1. The molecule has 0 unspecified atom stereocenters. The summed E-state index contributed by atoms with van der Waals surface area (Å²) in [6, 6.07) is -3.59. The van der Waals surface area contributed by atoms with Gasteiger partial charge in [0.25, 0.3) is 0 Å². The summed E-state index contributed by atoms with van der Waals surface area (Å²) in [6.07, 6.45) is 5.38. The molecule has 0 bridgehead atoms. The topological polar surface area (TPSA) is 205 Å². The number of rotatable bonds is 14. The van der Waals surface area contributed by atoms with Crippen LogP contribution in [-0.4, -0.2) is 63.9 Å². The molecule has 12 nitrogen and oxygen atoms in total. The van der Waals surface area contributed by atoms with Gasteiger partial charge in [-0.05, 0) is 37.5 Å². The number of nitrogens with two attached hydrogens (primary N) is 1. The van der Waals surface area contributed by atoms with Crippen molar-refractivity contribution in [1.82, 2.24) is 16.0 Å². The Morgan fingerprint density at radius 3 is 1.84 bits per heavy atom. The summed E-state index contributed by atoms with van der Waals surface area (Å²) < 4.78 is 0. The molecule has 0 saturated heterocycles. The zero-order chi connectivity index (χ0) is 27.7. The highest BCUT2D eigenvalue weighted by Crippen LogP contribution is 2.35. The van der Waals surface area contributed by atoms with E-state index in [0.717, 1.165) is 32.1 Å². The van der Waals surface area contributed by atoms with Gasteiger partial charge in [0.15, 0.2) is 0 Å². The first kappa shape index (κ1) is 30.0. The summed E-state index contributed by atoms with van der Waals surface area (Å²) in [5.41, 5.74) is 5.38. The summed E-state index contributed by atoms with van der Waals surface area (Å²) in [5, 5.41) is 26.1. The number of aliphatic carboxylic acids is 2. The second-order valence-electron chi connectivity index (χ2n) is 10.7. The van der Waals surface area contributed by atoms with E-state index in [1.165, 1.54) is 0 Å². The van der Waals surface area contributed by atoms with E-state index in [0.29, 0.717) is 19.3 Å². The number of carboxylic acids is 2. The van der Waals surface area contributed by atoms with Crippen LogP contribution in [-0.2, 0) is 28.8 Å². The van der Waals surface area contributed by atoms with Gasteiger partial charge < -0.3 is 31.9 Å². The monoisotopic (exact) mass is 524 g/mol. The van der Waals surface area contributed by atoms with Crippen LogP contribution in [0.5, 0.6) is 0 Å². The Balaban J connectivity index is 2.16. The second kappa shape index (κ2) is 13.9. The van der Waals surface area contributed by atoms with Gasteiger partial charge in [0, 0.05) is 0 Å². The van der Waals surface area contributed by atoms with Crippen LogP contribution in [0.3, 0.4) is 0 Å². The van der Waals surface area contributed by atoms with Crippen molar-refractivity contribution >= 4 is 35.6 Å². The predicted octanol–water partition coefficient (Wildman–Crippen LogP) is 0.528. The zero-order valence-corrected chi connectivity index (χ0v) is 21.5. The fourth-order valence-electron chi connectivity index (χ4n) is 5.02. The van der Waals surface area contributed by atoms with E-state index in [2.05, 4.69) is 16.0 Å². The minimum atomic E-state index is -1.50. The minimum absolute atomic E-state index is 0.0153. The Morgan fingerprint density at radius 1 is 0.784 bits per heavy atom. The van der Waals surface area contributed by atoms with E-state index < -0.39 is 71.9 Å². The van der Waals surface area contributed by atoms with E-state index in [1.807, 2.05) is 13.8 Å². The Kier molecular flexibility index (Phi) is 11.3. The van der Waals surface area contributed by atoms with E-state index in [4.69, 9.17) is 5.73 Å². The summed E-state index contributed by atoms with van der Waals surface area (Å²) in [7, 11) is 0. The molecule has 0 heterocycles. The molecule has 2 aliphatic rings. The van der Waals surface area contributed by atoms with Crippen molar-refractivity contribution in [3.8, 4) is 0 Å². The van der Waals surface area contributed by atoms with Crippen molar-refractivity contribution in [3.63, 3.8) is 0 Å². The number of carbonyl (C=O) groups is 6. The van der Waals surface area contributed by atoms with Crippen LogP contribution in [0.1, 0.15) is 78.1 Å². The molecular weight excluding hydrogens is 484 g/mol. The molecule has 2 rings (SSSR count). The van der Waals surface area contributed by atoms with Crippen molar-refractivity contribution in [1.29, 1.82) is 0 Å². The lowest BCUT2D eigenvalue weighted by atomic mass is 9.73. The molecule has 12 heteroatoms. The van der Waals surface area contributed by atoms with Gasteiger partial charge >= 0.3 is 11.9 Å². The van der Waals surface area contributed by atoms with E-state index in [-0.39, 0.29) is 18.3 Å². The standard InChI is InChI=1S/C25H40N4O8/c1-13(2)10-17(21(26)32)27-24(35)19(12-20(30)31)29-23(34)18(11-14-6-4-3-5-7-14)28-22(33)15-8-9-16(15)25(36)37/h13-19H,3-12H2,1-2H3,(H2,26,32)(H,27,35)(H,28,33)(H,29,34)(H,30,31)(H,36,37)/t15-,16-,17-,18-,19-/m0/s1. The molecular formula is C25H40N4O8. The van der Waals surface area contributed by atoms with Gasteiger partial charge in [-0.3, -0.25) is 28.8 Å². The highest BCUT2D eigenvalue weighted by molar-refractivity contribution is 5.96. The minimum Gasteiger partial charge on any atom is -0.481 e. The van der Waals surface area contributed by atoms with Crippen LogP contribution in [0.25, 0.3) is 0 Å². The molecule has 4 amide bonds. The lowest BCUT2D eigenvalue weighted by Crippen LogP contribution is -2.58. The third-order valence-electron chi connectivity index (χ3n) is 7.23. The third kappa shape index (κ3) is 9.32. The Hall–Kier alpha value is -3.18. The smallest absolute Gasteiger partial charge is 0.307 e. The molecule has 7 N–H and O–H groups in total. The average Bonchev–Trinajstić information content (AvgIpc) is 2.76. The average molecular weight is 525 g/mol. The molecule has 0 spiro atoms. The lowest BCUT2D eigenvalue weighted by Gasteiger charge is -2.34. The number of carboxylic acid groups (broad SMARTS) is 2. The lowest BCUT2D eigenvalue weighted by molar-refractivity contribution is -0.153. The van der Waals surface area contributed by atoms with Crippen molar-refractivity contribution in [2.45, 2.75) is 96.2 Å². The third-order valence-corrected chi connectivity index (χ3v) is 7.23. The van der Waals surface area contributed by atoms with Crippen molar-refractivity contribution < 1.29 is 39.0 Å². The van der Waals surface area contributed by atoms with Gasteiger partial charge in [0.05, 0.1) is 18.3 Å². The molecule has 0 aromatic rings. The molecule has 208 valence electrons. The number of nitrogens with one attached hydrogen (secondary N) is 3. The zero-order valence-electron chi connectivity index (χ0n) is 21.5. The molecule has 37 heavy (non-hydrogen) atoms. The fourth-order valence-corrected chi connectivity index (χ4v) is 5.02. The van der Waals surface area contributed by atoms with Crippen LogP contribution < -0.4 is 21.7 Å². The fraction of sp³-hybridized carbons (Fsp3) is 0.760. The first-order valence-electron chi connectivity index (χ1n) is 13.0. The van der Waals surface area contributed by atoms with Crippen molar-refractivity contribution in [3.05, 3.63) is 0 Å². The van der Waals surface area contributed by atoms with Gasteiger partial charge in [0.2, 0.25) is 23.6 Å². The summed E-state index contributed by atoms with van der Waals surface area (Å²) in [4.78, 5) is 73.6. The first-order chi connectivity index (χ1) is 17.4. The second-order valence-corrected chi connectivity index (χ2v) is 10.7. The van der Waals surface area contributed by atoms with Gasteiger partial charge in [-0.15, -0.1) is 0 Å². The summed E-state index contributed by atoms with van der Waals surface area (Å²) in [5.74, 6) is -6.72. The van der Waals surface area contributed by atoms with Crippen LogP contribution in [0, 0.1) is 23.7 Å². The van der Waals surface area contributed by atoms with Gasteiger partial charge in [-0.2, -0.15) is 0 Å². The molecule has 0 aromatic heterocycles. The maximum atomic E-state index is 13.3. The van der Waals surface area contributed by atoms with Gasteiger partial charge in [-0.1, -0.05) is 46.0 Å². The van der Waals surface area contributed by atoms with E-state index in [1.54, 1.807) is 0 Å². The largest absolute Gasteiger partial charge is 0.481 e. The predicted molar refractivity (Wildman–Crippen MR) is 132 cm³/mol. The van der Waals surface area contributed by atoms with Gasteiger partial charge in [-0.25, -0.2) is 0 Å². The van der Waals surface area contributed by atoms with Crippen molar-refractivity contribution in [2.24, 2.45) is 29.4 Å². The molecule has 0 aromatic carbocycles. The summed E-state index contributed by atoms with van der Waals surface area (Å²) in [6.45, 7) is 3.66. The van der Waals surface area contributed by atoms with Crippen LogP contribution in [0.4, 0.5) is 0 Å². The Labute approximate surface area is 216 Å². The van der Waals surface area contributed by atoms with Crippen LogP contribution >= 0.6 is 0 Å². The summed E-state index contributed by atoms with van der Waals surface area (Å²) >= 11 is 0. The van der Waals surface area contributed by atoms with Crippen LogP contribution in [0.15, 0.2) is 0 Å². The number of carbonyl (C=O) groups excluding carboxylic acids is 4. The highest BCUT2D eigenvalue weighted by Gasteiger charge is 2.43. The Morgan fingerprint density at radius 2 is 1.35 bits per heavy atom. The molecule has 2 aliphatic carbocycles. The quantitative estimate of drug-likeness (QED) is 0.188. The number of primary amides is 1. The number of hydrogen-bond acceptors (Lipinski definition) is 6. The SMILES string of the molecule is CC(C)C[C@H](NC(=O)[C@H](CC(=O)O)NC(=O)[C@H](CC1CCCCC1)NC(=O)[C@H]1CC[C@@H]1C(=O)O)C(N)=O. The molecule has 2 fully saturated rings. The molecule has 2 saturated carbocycles. The molecule has 0 radical (unpaired) electrons. The highest BCUT2D eigenvalue weighted by atomic mass is 16.4. The molecule has 0 aliphatic heterocycles. The van der Waals surface area contributed by atoms with E-state index in [9.17, 15) is 39.0 Å². The number of amides is 4. The van der Waals surface area contributed by atoms with Crippen molar-refractivity contribution in [2.75, 3.05) is 0 Å². The van der Waals surface area contributed by atoms with Gasteiger partial charge in [0.1, 0.15) is 18.1 Å².